The Morgan fingerprint density at radius 1 is 1.15 bits per heavy atom. The second-order valence-corrected chi connectivity index (χ2v) is 5.83. The molecule has 0 aliphatic rings. The molecule has 0 heterocycles. The number of hydrogen-bond donors (Lipinski definition) is 1. The van der Waals surface area contributed by atoms with Gasteiger partial charge in [0.25, 0.3) is 11.6 Å². The van der Waals surface area contributed by atoms with Crippen LogP contribution >= 0.6 is 0 Å². The number of nitrogens with zero attached hydrogens (tertiary/aromatic N) is 2. The Kier molecular flexibility index (Phi) is 5.20. The van der Waals surface area contributed by atoms with Crippen LogP contribution in [0.25, 0.3) is 0 Å². The summed E-state index contributed by atoms with van der Waals surface area (Å²) in [7, 11) is 3.19. The number of hydrogen-bond acceptors (Lipinski definition) is 4. The second kappa shape index (κ2) is 7.03. The van der Waals surface area contributed by atoms with Crippen molar-refractivity contribution in [3.8, 4) is 0 Å². The van der Waals surface area contributed by atoms with E-state index in [1.165, 1.54) is 30.0 Å². The molecule has 0 unspecified atom stereocenters. The van der Waals surface area contributed by atoms with Crippen LogP contribution in [0.15, 0.2) is 36.4 Å². The van der Waals surface area contributed by atoms with Crippen LogP contribution in [0.4, 0.5) is 30.2 Å². The van der Waals surface area contributed by atoms with E-state index in [-0.39, 0.29) is 11.3 Å². The molecule has 0 saturated heterocycles. The van der Waals surface area contributed by atoms with Crippen molar-refractivity contribution in [2.45, 2.75) is 13.1 Å². The highest BCUT2D eigenvalue weighted by Crippen LogP contribution is 2.37. The molecule has 0 bridgehead atoms. The number of nitro benzene ring substituents is 1. The van der Waals surface area contributed by atoms with Gasteiger partial charge in [0.05, 0.1) is 16.2 Å². The largest absolute Gasteiger partial charge is 0.418 e. The fourth-order valence-corrected chi connectivity index (χ4v) is 2.30. The summed E-state index contributed by atoms with van der Waals surface area (Å²) in [5.74, 6) is -0.865. The third-order valence-electron chi connectivity index (χ3n) is 3.74. The van der Waals surface area contributed by atoms with Crippen LogP contribution in [-0.4, -0.2) is 24.9 Å². The van der Waals surface area contributed by atoms with E-state index in [1.807, 2.05) is 0 Å². The van der Waals surface area contributed by atoms with E-state index in [1.54, 1.807) is 14.1 Å². The number of nitro groups is 1. The lowest BCUT2D eigenvalue weighted by molar-refractivity contribution is -0.385. The summed E-state index contributed by atoms with van der Waals surface area (Å²) < 4.78 is 39.9. The van der Waals surface area contributed by atoms with E-state index in [4.69, 9.17) is 0 Å². The SMILES string of the molecule is Cc1ccc(C(=O)Nc2ccc(N(C)C)cc2C(F)(F)F)cc1[N+](=O)[O-]. The number of nitrogens with one attached hydrogen (secondary N) is 1. The highest BCUT2D eigenvalue weighted by Gasteiger charge is 2.34. The molecule has 0 radical (unpaired) electrons. The molecule has 2 aromatic rings. The molecule has 0 spiro atoms. The molecule has 2 rings (SSSR count). The molecule has 0 fully saturated rings. The van der Waals surface area contributed by atoms with Gasteiger partial charge in [0.15, 0.2) is 0 Å². The quantitative estimate of drug-likeness (QED) is 0.648. The van der Waals surface area contributed by atoms with Crippen molar-refractivity contribution in [1.82, 2.24) is 0 Å². The lowest BCUT2D eigenvalue weighted by atomic mass is 10.1. The topological polar surface area (TPSA) is 75.5 Å². The van der Waals surface area contributed by atoms with Crippen molar-refractivity contribution in [3.05, 3.63) is 63.2 Å². The Balaban J connectivity index is 2.40. The van der Waals surface area contributed by atoms with Crippen LogP contribution in [0.3, 0.4) is 0 Å². The second-order valence-electron chi connectivity index (χ2n) is 5.83. The zero-order valence-electron chi connectivity index (χ0n) is 14.2. The van der Waals surface area contributed by atoms with Gasteiger partial charge in [-0.3, -0.25) is 14.9 Å². The summed E-state index contributed by atoms with van der Waals surface area (Å²) in [6.45, 7) is 1.50. The number of rotatable bonds is 4. The minimum absolute atomic E-state index is 0.105. The summed E-state index contributed by atoms with van der Waals surface area (Å²) in [5.41, 5.74) is -1.14. The number of anilines is 2. The first kappa shape index (κ1) is 19.2. The minimum Gasteiger partial charge on any atom is -0.378 e. The Morgan fingerprint density at radius 3 is 2.35 bits per heavy atom. The highest BCUT2D eigenvalue weighted by atomic mass is 19.4. The zero-order valence-corrected chi connectivity index (χ0v) is 14.2. The molecule has 1 amide bonds. The van der Waals surface area contributed by atoms with E-state index < -0.39 is 28.3 Å². The summed E-state index contributed by atoms with van der Waals surface area (Å²) in [4.78, 5) is 24.1. The standard InChI is InChI=1S/C17H16F3N3O3/c1-10-4-5-11(8-15(10)23(25)26)16(24)21-14-7-6-12(22(2)3)9-13(14)17(18,19)20/h4-9H,1-3H3,(H,21,24). The molecule has 138 valence electrons. The molecule has 0 aliphatic carbocycles. The Morgan fingerprint density at radius 2 is 1.81 bits per heavy atom. The van der Waals surface area contributed by atoms with Crippen LogP contribution in [0.1, 0.15) is 21.5 Å². The van der Waals surface area contributed by atoms with Crippen molar-refractivity contribution >= 4 is 23.0 Å². The molecule has 0 aliphatic heterocycles. The van der Waals surface area contributed by atoms with E-state index in [2.05, 4.69) is 5.32 Å². The van der Waals surface area contributed by atoms with Gasteiger partial charge in [-0.15, -0.1) is 0 Å². The number of carbonyl (C=O) groups is 1. The smallest absolute Gasteiger partial charge is 0.378 e. The van der Waals surface area contributed by atoms with Crippen LogP contribution in [0.2, 0.25) is 0 Å². The molecule has 0 atom stereocenters. The van der Waals surface area contributed by atoms with Gasteiger partial charge in [-0.2, -0.15) is 13.2 Å². The number of amides is 1. The lowest BCUT2D eigenvalue weighted by Crippen LogP contribution is -2.18. The monoisotopic (exact) mass is 367 g/mol. The molecule has 26 heavy (non-hydrogen) atoms. The van der Waals surface area contributed by atoms with Gasteiger partial charge in [-0.1, -0.05) is 6.07 Å². The molecule has 1 N–H and O–H groups in total. The van der Waals surface area contributed by atoms with Crippen LogP contribution in [-0.2, 0) is 6.18 Å². The molecule has 2 aromatic carbocycles. The van der Waals surface area contributed by atoms with E-state index >= 15 is 0 Å². The molecular weight excluding hydrogens is 351 g/mol. The van der Waals surface area contributed by atoms with Crippen LogP contribution in [0.5, 0.6) is 0 Å². The Hall–Kier alpha value is -3.10. The van der Waals surface area contributed by atoms with Gasteiger partial charge >= 0.3 is 6.18 Å². The van der Waals surface area contributed by atoms with E-state index in [0.717, 1.165) is 18.2 Å². The summed E-state index contributed by atoms with van der Waals surface area (Å²) in [6, 6.07) is 7.23. The van der Waals surface area contributed by atoms with Gasteiger partial charge in [-0.05, 0) is 31.2 Å². The highest BCUT2D eigenvalue weighted by molar-refractivity contribution is 6.05. The van der Waals surface area contributed by atoms with Gasteiger partial charge in [-0.25, -0.2) is 0 Å². The van der Waals surface area contributed by atoms with Crippen molar-refractivity contribution in [3.63, 3.8) is 0 Å². The van der Waals surface area contributed by atoms with Gasteiger partial charge < -0.3 is 10.2 Å². The first-order valence-corrected chi connectivity index (χ1v) is 7.45. The number of benzene rings is 2. The summed E-state index contributed by atoms with van der Waals surface area (Å²) >= 11 is 0. The number of carbonyl (C=O) groups excluding carboxylic acids is 1. The first-order valence-electron chi connectivity index (χ1n) is 7.45. The predicted octanol–water partition coefficient (Wildman–Crippen LogP) is 4.24. The number of alkyl halides is 3. The maximum absolute atomic E-state index is 13.3. The van der Waals surface area contributed by atoms with Crippen LogP contribution in [0, 0.1) is 17.0 Å². The maximum atomic E-state index is 13.3. The molecular formula is C17H16F3N3O3. The minimum atomic E-state index is -4.67. The zero-order chi connectivity index (χ0) is 19.6. The van der Waals surface area contributed by atoms with Crippen molar-refractivity contribution < 1.29 is 22.9 Å². The number of aryl methyl sites for hydroxylation is 1. The van der Waals surface area contributed by atoms with Crippen molar-refractivity contribution in [2.75, 3.05) is 24.3 Å². The third-order valence-corrected chi connectivity index (χ3v) is 3.74. The Bertz CT molecular complexity index is 864. The van der Waals surface area contributed by atoms with E-state index in [0.29, 0.717) is 11.3 Å². The average Bonchev–Trinajstić information content (AvgIpc) is 2.53. The van der Waals surface area contributed by atoms with Gasteiger partial charge in [0.2, 0.25) is 0 Å². The third kappa shape index (κ3) is 4.11. The van der Waals surface area contributed by atoms with Gasteiger partial charge in [0, 0.05) is 37.0 Å². The number of halogens is 3. The average molecular weight is 367 g/mol. The fraction of sp³-hybridized carbons (Fsp3) is 0.235. The van der Waals surface area contributed by atoms with Crippen molar-refractivity contribution in [1.29, 1.82) is 0 Å². The van der Waals surface area contributed by atoms with E-state index in [9.17, 15) is 28.1 Å². The van der Waals surface area contributed by atoms with Gasteiger partial charge in [0.1, 0.15) is 0 Å². The molecule has 9 heteroatoms. The summed E-state index contributed by atoms with van der Waals surface area (Å²) in [5, 5.41) is 13.1. The fourth-order valence-electron chi connectivity index (χ4n) is 2.30. The van der Waals surface area contributed by atoms with Crippen molar-refractivity contribution in [2.24, 2.45) is 0 Å². The first-order chi connectivity index (χ1) is 12.0. The molecule has 0 aromatic heterocycles. The lowest BCUT2D eigenvalue weighted by Gasteiger charge is -2.18. The molecule has 6 nitrogen and oxygen atoms in total. The predicted molar refractivity (Wildman–Crippen MR) is 91.6 cm³/mol. The maximum Gasteiger partial charge on any atom is 0.418 e. The molecule has 0 saturated carbocycles. The normalized spacial score (nSPS) is 11.2. The van der Waals surface area contributed by atoms with Crippen LogP contribution < -0.4 is 10.2 Å². The Labute approximate surface area is 147 Å². The summed E-state index contributed by atoms with van der Waals surface area (Å²) in [6.07, 6.45) is -4.67.